The zero-order chi connectivity index (χ0) is 15.9. The lowest BCUT2D eigenvalue weighted by atomic mass is 9.96. The molecule has 116 valence electrons. The molecule has 1 saturated heterocycles. The molecule has 2 amide bonds. The molecule has 2 N–H and O–H groups in total. The Bertz CT molecular complexity index is 751. The molecule has 0 atom stereocenters. The van der Waals surface area contributed by atoms with Crippen LogP contribution in [-0.4, -0.2) is 29.8 Å². The summed E-state index contributed by atoms with van der Waals surface area (Å²) >= 11 is 13.7. The molecule has 0 spiro atoms. The Morgan fingerprint density at radius 3 is 2.55 bits per heavy atom. The van der Waals surface area contributed by atoms with Crippen LogP contribution in [0.2, 0.25) is 10.0 Å². The lowest BCUT2D eigenvalue weighted by molar-refractivity contribution is -0.123. The Balaban J connectivity index is 1.84. The van der Waals surface area contributed by atoms with Gasteiger partial charge < -0.3 is 10.6 Å². The molecule has 1 aliphatic heterocycles. The molecule has 7 heteroatoms. The van der Waals surface area contributed by atoms with Crippen LogP contribution in [0.3, 0.4) is 0 Å². The van der Waals surface area contributed by atoms with Crippen LogP contribution in [0.1, 0.15) is 22.5 Å². The second kappa shape index (κ2) is 6.07. The highest BCUT2D eigenvalue weighted by Gasteiger charge is 2.28. The lowest BCUT2D eigenvalue weighted by Crippen LogP contribution is -2.41. The molecule has 2 heterocycles. The Hall–Kier alpha value is -1.30. The van der Waals surface area contributed by atoms with Crippen molar-refractivity contribution in [3.8, 4) is 0 Å². The van der Waals surface area contributed by atoms with Crippen molar-refractivity contribution in [2.24, 2.45) is 11.7 Å². The van der Waals surface area contributed by atoms with E-state index in [9.17, 15) is 9.59 Å². The van der Waals surface area contributed by atoms with Gasteiger partial charge in [-0.15, -0.1) is 11.3 Å². The van der Waals surface area contributed by atoms with Crippen molar-refractivity contribution in [1.29, 1.82) is 0 Å². The maximum absolute atomic E-state index is 12.7. The third-order valence-electron chi connectivity index (χ3n) is 3.97. The van der Waals surface area contributed by atoms with Crippen molar-refractivity contribution in [3.05, 3.63) is 33.1 Å². The first-order valence-corrected chi connectivity index (χ1v) is 8.50. The van der Waals surface area contributed by atoms with Crippen LogP contribution < -0.4 is 5.73 Å². The summed E-state index contributed by atoms with van der Waals surface area (Å²) < 4.78 is 0.896. The van der Waals surface area contributed by atoms with Crippen molar-refractivity contribution in [3.63, 3.8) is 0 Å². The molecule has 0 bridgehead atoms. The number of hydrogen-bond acceptors (Lipinski definition) is 3. The van der Waals surface area contributed by atoms with E-state index >= 15 is 0 Å². The number of rotatable bonds is 2. The van der Waals surface area contributed by atoms with E-state index < -0.39 is 0 Å². The predicted molar refractivity (Wildman–Crippen MR) is 89.7 cm³/mol. The van der Waals surface area contributed by atoms with Gasteiger partial charge in [0, 0.05) is 34.1 Å². The summed E-state index contributed by atoms with van der Waals surface area (Å²) in [6, 6.07) is 5.39. The van der Waals surface area contributed by atoms with E-state index in [0.29, 0.717) is 40.9 Å². The number of benzene rings is 1. The van der Waals surface area contributed by atoms with Gasteiger partial charge in [0.05, 0.1) is 5.02 Å². The maximum Gasteiger partial charge on any atom is 0.265 e. The first-order chi connectivity index (χ1) is 10.5. The number of hydrogen-bond donors (Lipinski definition) is 1. The van der Waals surface area contributed by atoms with E-state index in [-0.39, 0.29) is 17.7 Å². The number of likely N-dealkylation sites (tertiary alicyclic amines) is 1. The smallest absolute Gasteiger partial charge is 0.265 e. The van der Waals surface area contributed by atoms with Crippen LogP contribution >= 0.6 is 34.5 Å². The third kappa shape index (κ3) is 2.81. The first kappa shape index (κ1) is 15.6. The highest BCUT2D eigenvalue weighted by Crippen LogP contribution is 2.37. The van der Waals surface area contributed by atoms with E-state index in [1.54, 1.807) is 11.0 Å². The molecule has 3 rings (SSSR count). The number of piperidine rings is 1. The van der Waals surface area contributed by atoms with Gasteiger partial charge in [-0.1, -0.05) is 29.3 Å². The van der Waals surface area contributed by atoms with Gasteiger partial charge >= 0.3 is 0 Å². The van der Waals surface area contributed by atoms with Crippen LogP contribution in [0.25, 0.3) is 10.1 Å². The van der Waals surface area contributed by atoms with Crippen LogP contribution in [0, 0.1) is 5.92 Å². The summed E-state index contributed by atoms with van der Waals surface area (Å²) in [4.78, 5) is 26.1. The van der Waals surface area contributed by atoms with Crippen LogP contribution in [0.5, 0.6) is 0 Å². The minimum Gasteiger partial charge on any atom is -0.369 e. The highest BCUT2D eigenvalue weighted by atomic mass is 35.5. The Morgan fingerprint density at radius 2 is 1.91 bits per heavy atom. The van der Waals surface area contributed by atoms with Crippen LogP contribution in [0.15, 0.2) is 18.2 Å². The zero-order valence-corrected chi connectivity index (χ0v) is 14.0. The second-order valence-corrected chi connectivity index (χ2v) is 7.22. The predicted octanol–water partition coefficient (Wildman–Crippen LogP) is 3.55. The number of primary amides is 1. The standard InChI is InChI=1S/C15H14Cl2N2O2S/c16-9-1-2-10-11(7-9)22-13(12(10)17)15(21)19-5-3-8(4-6-19)14(18)20/h1-2,7-8H,3-6H2,(H2,18,20). The molecule has 22 heavy (non-hydrogen) atoms. The van der Waals surface area contributed by atoms with E-state index in [1.807, 2.05) is 12.1 Å². The number of nitrogens with two attached hydrogens (primary N) is 1. The number of carbonyl (C=O) groups is 2. The highest BCUT2D eigenvalue weighted by molar-refractivity contribution is 7.21. The van der Waals surface area contributed by atoms with Crippen LogP contribution in [0.4, 0.5) is 0 Å². The van der Waals surface area contributed by atoms with Gasteiger partial charge in [0.2, 0.25) is 5.91 Å². The average molecular weight is 357 g/mol. The van der Waals surface area contributed by atoms with Crippen molar-refractivity contribution in [2.45, 2.75) is 12.8 Å². The quantitative estimate of drug-likeness (QED) is 0.894. The molecule has 0 radical (unpaired) electrons. The summed E-state index contributed by atoms with van der Waals surface area (Å²) in [7, 11) is 0. The average Bonchev–Trinajstić information content (AvgIpc) is 2.83. The lowest BCUT2D eigenvalue weighted by Gasteiger charge is -2.30. The molecule has 0 unspecified atom stereocenters. The molecule has 0 saturated carbocycles. The molecule has 1 aliphatic rings. The monoisotopic (exact) mass is 356 g/mol. The topological polar surface area (TPSA) is 63.4 Å². The number of amides is 2. The molecule has 1 fully saturated rings. The van der Waals surface area contributed by atoms with Crippen molar-refractivity contribution in [1.82, 2.24) is 4.90 Å². The number of nitrogens with zero attached hydrogens (tertiary/aromatic N) is 1. The maximum atomic E-state index is 12.7. The van der Waals surface area contributed by atoms with E-state index in [4.69, 9.17) is 28.9 Å². The van der Waals surface area contributed by atoms with Gasteiger partial charge in [-0.25, -0.2) is 0 Å². The van der Waals surface area contributed by atoms with Gasteiger partial charge in [-0.2, -0.15) is 0 Å². The van der Waals surface area contributed by atoms with Crippen molar-refractivity contribution >= 4 is 56.4 Å². The molecular weight excluding hydrogens is 343 g/mol. The molecule has 0 aliphatic carbocycles. The minimum atomic E-state index is -0.290. The fourth-order valence-electron chi connectivity index (χ4n) is 2.69. The summed E-state index contributed by atoms with van der Waals surface area (Å²) in [6.45, 7) is 1.05. The number of fused-ring (bicyclic) bond motifs is 1. The Morgan fingerprint density at radius 1 is 1.23 bits per heavy atom. The molecular formula is C15H14Cl2N2O2S. The Kier molecular flexibility index (Phi) is 4.30. The largest absolute Gasteiger partial charge is 0.369 e. The number of thiophene rings is 1. The van der Waals surface area contributed by atoms with Crippen molar-refractivity contribution < 1.29 is 9.59 Å². The second-order valence-electron chi connectivity index (χ2n) is 5.35. The molecule has 1 aromatic heterocycles. The van der Waals surface area contributed by atoms with Gasteiger partial charge in [-0.05, 0) is 25.0 Å². The van der Waals surface area contributed by atoms with E-state index in [0.717, 1.165) is 10.1 Å². The van der Waals surface area contributed by atoms with Gasteiger partial charge in [0.1, 0.15) is 4.88 Å². The minimum absolute atomic E-state index is 0.0924. The summed E-state index contributed by atoms with van der Waals surface area (Å²) in [5.74, 6) is -0.521. The normalized spacial score (nSPS) is 16.2. The fourth-order valence-corrected chi connectivity index (χ4v) is 4.44. The van der Waals surface area contributed by atoms with Crippen LogP contribution in [-0.2, 0) is 4.79 Å². The van der Waals surface area contributed by atoms with Gasteiger partial charge in [-0.3, -0.25) is 9.59 Å². The van der Waals surface area contributed by atoms with Crippen molar-refractivity contribution in [2.75, 3.05) is 13.1 Å². The molecule has 1 aromatic carbocycles. The molecule has 4 nitrogen and oxygen atoms in total. The third-order valence-corrected chi connectivity index (χ3v) is 5.85. The van der Waals surface area contributed by atoms with E-state index in [2.05, 4.69) is 0 Å². The zero-order valence-electron chi connectivity index (χ0n) is 11.6. The first-order valence-electron chi connectivity index (χ1n) is 6.93. The number of halogens is 2. The van der Waals surface area contributed by atoms with E-state index in [1.165, 1.54) is 11.3 Å². The Labute approximate surface area is 141 Å². The van der Waals surface area contributed by atoms with Gasteiger partial charge in [0.25, 0.3) is 5.91 Å². The SMILES string of the molecule is NC(=O)C1CCN(C(=O)c2sc3cc(Cl)ccc3c2Cl)CC1. The summed E-state index contributed by atoms with van der Waals surface area (Å²) in [6.07, 6.45) is 1.21. The molecule has 2 aromatic rings. The summed E-state index contributed by atoms with van der Waals surface area (Å²) in [5.41, 5.74) is 5.32. The fraction of sp³-hybridized carbons (Fsp3) is 0.333. The summed E-state index contributed by atoms with van der Waals surface area (Å²) in [5, 5.41) is 1.93. The number of carbonyl (C=O) groups excluding carboxylic acids is 2. The van der Waals surface area contributed by atoms with Gasteiger partial charge in [0.15, 0.2) is 0 Å².